The number of hydrogen-bond donors (Lipinski definition) is 0. The van der Waals surface area contributed by atoms with E-state index in [1.54, 1.807) is 25.3 Å². The molecule has 116 valence electrons. The summed E-state index contributed by atoms with van der Waals surface area (Å²) < 4.78 is 22.9. The summed E-state index contributed by atoms with van der Waals surface area (Å²) in [5.41, 5.74) is 0.920. The highest BCUT2D eigenvalue weighted by Gasteiger charge is 2.25. The Bertz CT molecular complexity index is 687. The number of esters is 1. The first-order valence-corrected chi connectivity index (χ1v) is 7.51. The first kappa shape index (κ1) is 16.1. The molecule has 1 aromatic carbocycles. The number of hydrogen-bond acceptors (Lipinski definition) is 5. The summed E-state index contributed by atoms with van der Waals surface area (Å²) in [6, 6.07) is 5.80. The van der Waals surface area contributed by atoms with Crippen LogP contribution in [0.3, 0.4) is 0 Å². The van der Waals surface area contributed by atoms with Crippen molar-refractivity contribution < 1.29 is 18.7 Å². The second-order valence-electron chi connectivity index (χ2n) is 4.46. The lowest BCUT2D eigenvalue weighted by Gasteiger charge is -2.22. The van der Waals surface area contributed by atoms with Gasteiger partial charge in [0.15, 0.2) is 0 Å². The fourth-order valence-electron chi connectivity index (χ4n) is 1.92. The number of rotatable bonds is 5. The lowest BCUT2D eigenvalue weighted by molar-refractivity contribution is -0.141. The van der Waals surface area contributed by atoms with Gasteiger partial charge in [-0.1, -0.05) is 12.1 Å². The highest BCUT2D eigenvalue weighted by atomic mass is 32.1. The van der Waals surface area contributed by atoms with Crippen LogP contribution in [0.15, 0.2) is 29.6 Å². The van der Waals surface area contributed by atoms with Gasteiger partial charge in [-0.3, -0.25) is 14.5 Å². The predicted molar refractivity (Wildman–Crippen MR) is 81.6 cm³/mol. The smallest absolute Gasteiger partial charge is 0.326 e. The van der Waals surface area contributed by atoms with Crippen LogP contribution in [0.5, 0.6) is 0 Å². The Labute approximate surface area is 131 Å². The van der Waals surface area contributed by atoms with E-state index in [-0.39, 0.29) is 18.8 Å². The number of para-hydroxylation sites is 1. The van der Waals surface area contributed by atoms with Crippen molar-refractivity contribution in [2.45, 2.75) is 13.8 Å². The largest absolute Gasteiger partial charge is 0.465 e. The number of benzene rings is 1. The highest BCUT2D eigenvalue weighted by Crippen LogP contribution is 2.22. The first-order chi connectivity index (χ1) is 10.5. The molecule has 0 aliphatic carbocycles. The van der Waals surface area contributed by atoms with Crippen molar-refractivity contribution in [2.75, 3.05) is 18.1 Å². The van der Waals surface area contributed by atoms with E-state index < -0.39 is 17.7 Å². The van der Waals surface area contributed by atoms with Crippen LogP contribution in [0.2, 0.25) is 0 Å². The Balaban J connectivity index is 2.38. The van der Waals surface area contributed by atoms with Gasteiger partial charge in [0.1, 0.15) is 12.4 Å². The van der Waals surface area contributed by atoms with Gasteiger partial charge in [0.05, 0.1) is 23.6 Å². The zero-order valence-electron chi connectivity index (χ0n) is 12.2. The normalized spacial score (nSPS) is 10.3. The molecule has 0 unspecified atom stereocenters. The minimum absolute atomic E-state index is 0.0335. The van der Waals surface area contributed by atoms with Gasteiger partial charge < -0.3 is 4.74 Å². The average molecular weight is 322 g/mol. The third-order valence-corrected chi connectivity index (χ3v) is 3.68. The molecule has 0 N–H and O–H groups in total. The molecule has 0 atom stereocenters. The zero-order chi connectivity index (χ0) is 16.1. The van der Waals surface area contributed by atoms with E-state index in [1.807, 2.05) is 0 Å². The van der Waals surface area contributed by atoms with Crippen LogP contribution in [0.25, 0.3) is 0 Å². The van der Waals surface area contributed by atoms with Crippen LogP contribution < -0.4 is 4.90 Å². The summed E-state index contributed by atoms with van der Waals surface area (Å²) in [4.78, 5) is 25.5. The number of amides is 1. The van der Waals surface area contributed by atoms with E-state index in [4.69, 9.17) is 4.74 Å². The van der Waals surface area contributed by atoms with Crippen molar-refractivity contribution in [2.24, 2.45) is 0 Å². The number of carbonyl (C=O) groups excluding carboxylic acids is 2. The number of halogens is 1. The Morgan fingerprint density at radius 1 is 1.36 bits per heavy atom. The molecular formula is C15H15FN2O3S. The van der Waals surface area contributed by atoms with Crippen LogP contribution in [0, 0.1) is 12.7 Å². The van der Waals surface area contributed by atoms with Crippen LogP contribution in [-0.4, -0.2) is 29.4 Å². The maximum Gasteiger partial charge on any atom is 0.326 e. The third kappa shape index (κ3) is 3.48. The zero-order valence-corrected chi connectivity index (χ0v) is 13.0. The molecule has 1 aromatic heterocycles. The quantitative estimate of drug-likeness (QED) is 0.794. The number of ether oxygens (including phenoxy) is 1. The molecule has 0 bridgehead atoms. The van der Waals surface area contributed by atoms with Gasteiger partial charge in [0.25, 0.3) is 5.91 Å². The van der Waals surface area contributed by atoms with Crippen molar-refractivity contribution in [3.05, 3.63) is 46.7 Å². The second kappa shape index (κ2) is 7.13. The monoisotopic (exact) mass is 322 g/mol. The van der Waals surface area contributed by atoms with Gasteiger partial charge in [-0.25, -0.2) is 4.39 Å². The molecular weight excluding hydrogens is 307 g/mol. The van der Waals surface area contributed by atoms with Gasteiger partial charge in [-0.15, -0.1) is 0 Å². The van der Waals surface area contributed by atoms with Gasteiger partial charge in [-0.2, -0.15) is 4.37 Å². The lowest BCUT2D eigenvalue weighted by Crippen LogP contribution is -2.37. The number of anilines is 1. The van der Waals surface area contributed by atoms with Gasteiger partial charge in [-0.05, 0) is 37.5 Å². The molecule has 1 heterocycles. The fraction of sp³-hybridized carbons (Fsp3) is 0.267. The van der Waals surface area contributed by atoms with Crippen LogP contribution in [-0.2, 0) is 9.53 Å². The Kier molecular flexibility index (Phi) is 5.21. The molecule has 2 aromatic rings. The molecule has 22 heavy (non-hydrogen) atoms. The van der Waals surface area contributed by atoms with E-state index in [1.165, 1.54) is 18.2 Å². The minimum Gasteiger partial charge on any atom is -0.465 e. The van der Waals surface area contributed by atoms with Gasteiger partial charge in [0, 0.05) is 5.38 Å². The first-order valence-electron chi connectivity index (χ1n) is 6.67. The molecule has 0 fully saturated rings. The standard InChI is InChI=1S/C15H15FN2O3S/c1-3-21-14(19)8-18(13-7-5-4-6-12(13)16)15(20)11-9-22-17-10(11)2/h4-7,9H,3,8H2,1-2H3. The van der Waals surface area contributed by atoms with E-state index >= 15 is 0 Å². The van der Waals surface area contributed by atoms with E-state index in [9.17, 15) is 14.0 Å². The molecule has 1 amide bonds. The van der Waals surface area contributed by atoms with Crippen LogP contribution in [0.4, 0.5) is 10.1 Å². The molecule has 0 aliphatic rings. The predicted octanol–water partition coefficient (Wildman–Crippen LogP) is 2.80. The minimum atomic E-state index is -0.597. The van der Waals surface area contributed by atoms with E-state index in [0.29, 0.717) is 11.3 Å². The molecule has 5 nitrogen and oxygen atoms in total. The molecule has 7 heteroatoms. The fourth-order valence-corrected chi connectivity index (χ4v) is 2.60. The molecule has 0 spiro atoms. The van der Waals surface area contributed by atoms with Crippen molar-refractivity contribution in [3.8, 4) is 0 Å². The average Bonchev–Trinajstić information content (AvgIpc) is 2.91. The maximum absolute atomic E-state index is 14.0. The topological polar surface area (TPSA) is 59.5 Å². The van der Waals surface area contributed by atoms with Crippen LogP contribution >= 0.6 is 11.5 Å². The third-order valence-electron chi connectivity index (χ3n) is 2.96. The van der Waals surface area contributed by atoms with Crippen molar-refractivity contribution in [1.82, 2.24) is 4.37 Å². The summed E-state index contributed by atoms with van der Waals surface area (Å²) in [5.74, 6) is -1.66. The van der Waals surface area contributed by atoms with Gasteiger partial charge >= 0.3 is 5.97 Å². The summed E-state index contributed by atoms with van der Waals surface area (Å²) in [5, 5.41) is 1.58. The highest BCUT2D eigenvalue weighted by molar-refractivity contribution is 7.04. The summed E-state index contributed by atoms with van der Waals surface area (Å²) in [7, 11) is 0. The maximum atomic E-state index is 14.0. The molecule has 2 rings (SSSR count). The number of nitrogens with zero attached hydrogens (tertiary/aromatic N) is 2. The van der Waals surface area contributed by atoms with E-state index in [2.05, 4.69) is 4.37 Å². The van der Waals surface area contributed by atoms with E-state index in [0.717, 1.165) is 16.4 Å². The van der Waals surface area contributed by atoms with Crippen molar-refractivity contribution >= 4 is 29.1 Å². The molecule has 0 radical (unpaired) electrons. The lowest BCUT2D eigenvalue weighted by atomic mass is 10.2. The number of aryl methyl sites for hydroxylation is 1. The number of aromatic nitrogens is 1. The van der Waals surface area contributed by atoms with Crippen molar-refractivity contribution in [1.29, 1.82) is 0 Å². The molecule has 0 aliphatic heterocycles. The molecule has 0 saturated heterocycles. The Hall–Kier alpha value is -2.28. The van der Waals surface area contributed by atoms with Crippen molar-refractivity contribution in [3.63, 3.8) is 0 Å². The number of carbonyl (C=O) groups is 2. The molecule has 0 saturated carbocycles. The Morgan fingerprint density at radius 2 is 2.09 bits per heavy atom. The second-order valence-corrected chi connectivity index (χ2v) is 5.09. The summed E-state index contributed by atoms with van der Waals surface area (Å²) >= 11 is 1.13. The Morgan fingerprint density at radius 3 is 2.68 bits per heavy atom. The SMILES string of the molecule is CCOC(=O)CN(C(=O)c1csnc1C)c1ccccc1F. The summed E-state index contributed by atoms with van der Waals surface area (Å²) in [6.07, 6.45) is 0. The summed E-state index contributed by atoms with van der Waals surface area (Å²) in [6.45, 7) is 3.19. The van der Waals surface area contributed by atoms with Crippen LogP contribution in [0.1, 0.15) is 23.0 Å². The van der Waals surface area contributed by atoms with Gasteiger partial charge in [0.2, 0.25) is 0 Å².